The molecule has 0 bridgehead atoms. The molecule has 4 nitrogen and oxygen atoms in total. The van der Waals surface area contributed by atoms with Gasteiger partial charge in [-0.1, -0.05) is 73.0 Å². The number of rotatable bonds is 4. The summed E-state index contributed by atoms with van der Waals surface area (Å²) in [6.07, 6.45) is 7.37. The number of aryl methyl sites for hydroxylation is 1. The second-order valence-corrected chi connectivity index (χ2v) is 8.30. The topological polar surface area (TPSA) is 45.9 Å². The Hall–Kier alpha value is -3.01. The first kappa shape index (κ1) is 18.0. The van der Waals surface area contributed by atoms with E-state index in [1.165, 1.54) is 24.0 Å². The van der Waals surface area contributed by atoms with Crippen molar-refractivity contribution in [2.45, 2.75) is 51.0 Å². The standard InChI is InChI=1S/C25H25N3O/c1-17-11-13-18(14-12-17)15-21-25(29)28-16-22(19-7-3-2-4-8-19)26-23(24(28)27-21)20-9-5-6-10-20/h2-4,7-8,11-14,16,20-21H,5-6,9-10,15H2,1H3/p+1. The maximum Gasteiger partial charge on any atom is 0.359 e. The van der Waals surface area contributed by atoms with Crippen LogP contribution in [-0.2, 0) is 6.42 Å². The Kier molecular flexibility index (Phi) is 4.62. The van der Waals surface area contributed by atoms with Crippen LogP contribution >= 0.6 is 0 Å². The van der Waals surface area contributed by atoms with Crippen molar-refractivity contribution in [3.05, 3.63) is 77.6 Å². The summed E-state index contributed by atoms with van der Waals surface area (Å²) in [5.41, 5.74) is 5.40. The van der Waals surface area contributed by atoms with Gasteiger partial charge in [-0.15, -0.1) is 0 Å². The van der Waals surface area contributed by atoms with E-state index in [1.54, 1.807) is 0 Å². The quantitative estimate of drug-likeness (QED) is 0.665. The van der Waals surface area contributed by atoms with Gasteiger partial charge in [0.2, 0.25) is 0 Å². The molecule has 29 heavy (non-hydrogen) atoms. The summed E-state index contributed by atoms with van der Waals surface area (Å²) in [4.78, 5) is 18.3. The Morgan fingerprint density at radius 2 is 1.76 bits per heavy atom. The zero-order valence-electron chi connectivity index (χ0n) is 16.8. The van der Waals surface area contributed by atoms with Crippen molar-refractivity contribution in [2.24, 2.45) is 0 Å². The average molecular weight is 385 g/mol. The molecule has 4 heteroatoms. The normalized spacial score (nSPS) is 18.7. The zero-order chi connectivity index (χ0) is 19.8. The number of nitrogens with one attached hydrogen (secondary N) is 1. The molecule has 2 heterocycles. The minimum absolute atomic E-state index is 0.111. The van der Waals surface area contributed by atoms with Gasteiger partial charge in [0.25, 0.3) is 0 Å². The molecule has 2 aliphatic rings. The van der Waals surface area contributed by atoms with Crippen molar-refractivity contribution in [1.82, 2.24) is 4.98 Å². The molecule has 1 N–H and O–H groups in total. The first-order valence-electron chi connectivity index (χ1n) is 10.6. The largest absolute Gasteiger partial charge is 0.359 e. The second-order valence-electron chi connectivity index (χ2n) is 8.30. The Morgan fingerprint density at radius 1 is 1.03 bits per heavy atom. The lowest BCUT2D eigenvalue weighted by Crippen LogP contribution is -2.44. The highest BCUT2D eigenvalue weighted by molar-refractivity contribution is 5.82. The average Bonchev–Trinajstić information content (AvgIpc) is 3.39. The van der Waals surface area contributed by atoms with Gasteiger partial charge in [0.15, 0.2) is 6.04 Å². The third-order valence-corrected chi connectivity index (χ3v) is 6.19. The molecule has 5 rings (SSSR count). The molecule has 2 aromatic carbocycles. The third kappa shape index (κ3) is 3.44. The van der Waals surface area contributed by atoms with E-state index < -0.39 is 0 Å². The number of hydrogen-bond donors (Lipinski definition) is 1. The van der Waals surface area contributed by atoms with Gasteiger partial charge in [-0.3, -0.25) is 5.32 Å². The van der Waals surface area contributed by atoms with Crippen LogP contribution in [0.4, 0.5) is 5.82 Å². The number of benzene rings is 2. The highest BCUT2D eigenvalue weighted by atomic mass is 16.2. The van der Waals surface area contributed by atoms with Gasteiger partial charge in [0, 0.05) is 17.9 Å². The molecule has 0 radical (unpaired) electrons. The van der Waals surface area contributed by atoms with Crippen LogP contribution in [0.3, 0.4) is 0 Å². The van der Waals surface area contributed by atoms with Crippen LogP contribution in [0.1, 0.15) is 53.2 Å². The molecule has 0 amide bonds. The van der Waals surface area contributed by atoms with Crippen LogP contribution in [0, 0.1) is 6.92 Å². The summed E-state index contributed by atoms with van der Waals surface area (Å²) in [7, 11) is 0. The highest BCUT2D eigenvalue weighted by Gasteiger charge is 2.42. The van der Waals surface area contributed by atoms with Crippen LogP contribution in [0.15, 0.2) is 60.8 Å². The molecular formula is C25H26N3O+. The summed E-state index contributed by atoms with van der Waals surface area (Å²) in [6.45, 7) is 2.08. The minimum atomic E-state index is -0.245. The summed E-state index contributed by atoms with van der Waals surface area (Å²) >= 11 is 0. The first-order valence-corrected chi connectivity index (χ1v) is 10.6. The summed E-state index contributed by atoms with van der Waals surface area (Å²) in [6, 6.07) is 18.4. The van der Waals surface area contributed by atoms with E-state index in [0.717, 1.165) is 35.6 Å². The van der Waals surface area contributed by atoms with E-state index in [4.69, 9.17) is 4.98 Å². The molecule has 1 saturated carbocycles. The number of aromatic nitrogens is 2. The fourth-order valence-corrected chi connectivity index (χ4v) is 4.56. The van der Waals surface area contributed by atoms with E-state index in [0.29, 0.717) is 12.3 Å². The maximum atomic E-state index is 13.3. The molecule has 0 spiro atoms. The Labute approximate surface area is 171 Å². The Balaban J connectivity index is 1.53. The number of carbonyl (C=O) groups is 1. The van der Waals surface area contributed by atoms with Gasteiger partial charge in [-0.05, 0) is 25.3 Å². The molecule has 1 atom stereocenters. The number of hydrogen-bond acceptors (Lipinski definition) is 3. The van der Waals surface area contributed by atoms with Gasteiger partial charge in [0.1, 0.15) is 17.6 Å². The first-order chi connectivity index (χ1) is 14.2. The number of nitrogens with zero attached hydrogens (tertiary/aromatic N) is 2. The Morgan fingerprint density at radius 3 is 2.48 bits per heavy atom. The molecule has 1 aromatic heterocycles. The van der Waals surface area contributed by atoms with E-state index >= 15 is 0 Å². The lowest BCUT2D eigenvalue weighted by Gasteiger charge is -2.11. The SMILES string of the molecule is Cc1ccc(CC2Nc3c(C4CCCC4)nc(-c4ccccc4)c[n+]3C2=O)cc1. The molecule has 3 aromatic rings. The maximum absolute atomic E-state index is 13.3. The van der Waals surface area contributed by atoms with Crippen LogP contribution < -0.4 is 9.88 Å². The molecule has 1 aliphatic carbocycles. The highest BCUT2D eigenvalue weighted by Crippen LogP contribution is 2.37. The van der Waals surface area contributed by atoms with Gasteiger partial charge in [0.05, 0.1) is 0 Å². The van der Waals surface area contributed by atoms with Crippen molar-refractivity contribution in [3.63, 3.8) is 0 Å². The Bertz CT molecular complexity index is 1040. The number of fused-ring (bicyclic) bond motifs is 1. The van der Waals surface area contributed by atoms with Crippen molar-refractivity contribution < 1.29 is 9.36 Å². The van der Waals surface area contributed by atoms with Crippen molar-refractivity contribution in [3.8, 4) is 11.3 Å². The van der Waals surface area contributed by atoms with E-state index in [9.17, 15) is 4.79 Å². The predicted molar refractivity (Wildman–Crippen MR) is 114 cm³/mol. The smallest absolute Gasteiger partial charge is 0.258 e. The second kappa shape index (κ2) is 7.43. The fraction of sp³-hybridized carbons (Fsp3) is 0.320. The molecule has 146 valence electrons. The zero-order valence-corrected chi connectivity index (χ0v) is 16.8. The van der Waals surface area contributed by atoms with Gasteiger partial charge >= 0.3 is 11.7 Å². The predicted octanol–water partition coefficient (Wildman–Crippen LogP) is 4.68. The number of anilines is 1. The summed E-state index contributed by atoms with van der Waals surface area (Å²) < 4.78 is 1.82. The molecular weight excluding hydrogens is 358 g/mol. The van der Waals surface area contributed by atoms with Crippen LogP contribution in [0.2, 0.25) is 0 Å². The van der Waals surface area contributed by atoms with Gasteiger partial charge in [-0.25, -0.2) is 9.78 Å². The monoisotopic (exact) mass is 384 g/mol. The van der Waals surface area contributed by atoms with Gasteiger partial charge in [-0.2, -0.15) is 4.57 Å². The van der Waals surface area contributed by atoms with Crippen LogP contribution in [0.25, 0.3) is 11.3 Å². The van der Waals surface area contributed by atoms with Crippen LogP contribution in [0.5, 0.6) is 0 Å². The van der Waals surface area contributed by atoms with E-state index in [-0.39, 0.29) is 11.9 Å². The van der Waals surface area contributed by atoms with Crippen molar-refractivity contribution in [1.29, 1.82) is 0 Å². The molecule has 1 aliphatic heterocycles. The molecule has 0 saturated heterocycles. The van der Waals surface area contributed by atoms with Crippen molar-refractivity contribution in [2.75, 3.05) is 5.32 Å². The van der Waals surface area contributed by atoms with Crippen LogP contribution in [-0.4, -0.2) is 16.9 Å². The summed E-state index contributed by atoms with van der Waals surface area (Å²) in [5, 5.41) is 3.52. The third-order valence-electron chi connectivity index (χ3n) is 6.19. The van der Waals surface area contributed by atoms with E-state index in [1.807, 2.05) is 29.0 Å². The lowest BCUT2D eigenvalue weighted by atomic mass is 10.0. The fourth-order valence-electron chi connectivity index (χ4n) is 4.56. The van der Waals surface area contributed by atoms with E-state index in [2.05, 4.69) is 48.6 Å². The lowest BCUT2D eigenvalue weighted by molar-refractivity contribution is -0.552. The number of carbonyl (C=O) groups excluding carboxylic acids is 1. The molecule has 1 unspecified atom stereocenters. The van der Waals surface area contributed by atoms with Crippen molar-refractivity contribution >= 4 is 11.7 Å². The summed E-state index contributed by atoms with van der Waals surface area (Å²) in [5.74, 6) is 1.44. The van der Waals surface area contributed by atoms with Gasteiger partial charge < -0.3 is 0 Å². The molecule has 1 fully saturated rings. The minimum Gasteiger partial charge on any atom is -0.258 e.